The van der Waals surface area contributed by atoms with Crippen LogP contribution in [0.1, 0.15) is 44.5 Å². The summed E-state index contributed by atoms with van der Waals surface area (Å²) < 4.78 is 0. The van der Waals surface area contributed by atoms with Crippen LogP contribution in [0.15, 0.2) is 72.8 Å². The Balaban J connectivity index is 0.000000227. The van der Waals surface area contributed by atoms with Gasteiger partial charge in [0.05, 0.1) is 0 Å². The van der Waals surface area contributed by atoms with Gasteiger partial charge in [-0.15, -0.1) is 0 Å². The molecule has 0 bridgehead atoms. The molecule has 33 heavy (non-hydrogen) atoms. The molecule has 0 fully saturated rings. The van der Waals surface area contributed by atoms with E-state index in [9.17, 15) is 0 Å². The largest absolute Gasteiger partial charge is 0.197 e. The molecule has 0 unspecified atom stereocenters. The first-order valence-electron chi connectivity index (χ1n) is 11.5. The molecule has 0 saturated carbocycles. The Hall–Kier alpha value is -2.77. The predicted octanol–water partition coefficient (Wildman–Crippen LogP) is 9.29. The monoisotopic (exact) mass is 454 g/mol. The van der Waals surface area contributed by atoms with Crippen molar-refractivity contribution < 1.29 is 0 Å². The van der Waals surface area contributed by atoms with E-state index in [1.54, 1.807) is 0 Å². The van der Waals surface area contributed by atoms with Crippen molar-refractivity contribution in [2.45, 2.75) is 55.4 Å². The summed E-state index contributed by atoms with van der Waals surface area (Å²) in [6.07, 6.45) is 0. The second-order valence-corrected chi connectivity index (χ2v) is 8.99. The number of hydrogen-bond donors (Lipinski definition) is 0. The SMILES string of the molecule is Cc1cccc(-c2cccc(C)c2C)c1C.Cc1cccc(-c2cccc(C)c2C)c1C.S. The molecule has 0 atom stereocenters. The third kappa shape index (κ3) is 5.78. The highest BCUT2D eigenvalue weighted by atomic mass is 32.1. The van der Waals surface area contributed by atoms with E-state index >= 15 is 0 Å². The van der Waals surface area contributed by atoms with Crippen LogP contribution in [0.4, 0.5) is 0 Å². The van der Waals surface area contributed by atoms with Crippen LogP contribution in [-0.4, -0.2) is 0 Å². The molecule has 1 heteroatoms. The van der Waals surface area contributed by atoms with E-state index in [1.165, 1.54) is 66.8 Å². The lowest BCUT2D eigenvalue weighted by atomic mass is 9.92. The average Bonchev–Trinajstić information content (AvgIpc) is 2.77. The van der Waals surface area contributed by atoms with Crippen LogP contribution in [-0.2, 0) is 0 Å². The van der Waals surface area contributed by atoms with Gasteiger partial charge < -0.3 is 0 Å². The summed E-state index contributed by atoms with van der Waals surface area (Å²) in [5, 5.41) is 0. The highest BCUT2D eigenvalue weighted by Crippen LogP contribution is 2.30. The lowest BCUT2D eigenvalue weighted by Crippen LogP contribution is -1.91. The normalized spacial score (nSPS) is 10.2. The van der Waals surface area contributed by atoms with Crippen molar-refractivity contribution in [3.8, 4) is 22.3 Å². The van der Waals surface area contributed by atoms with Crippen molar-refractivity contribution in [3.63, 3.8) is 0 Å². The molecule has 4 aromatic carbocycles. The van der Waals surface area contributed by atoms with E-state index in [-0.39, 0.29) is 13.5 Å². The lowest BCUT2D eigenvalue weighted by Gasteiger charge is -2.12. The Bertz CT molecular complexity index is 1050. The van der Waals surface area contributed by atoms with E-state index in [0.29, 0.717) is 0 Å². The van der Waals surface area contributed by atoms with Crippen molar-refractivity contribution in [1.82, 2.24) is 0 Å². The van der Waals surface area contributed by atoms with Gasteiger partial charge in [-0.3, -0.25) is 0 Å². The zero-order valence-electron chi connectivity index (χ0n) is 21.4. The minimum absolute atomic E-state index is 0. The van der Waals surface area contributed by atoms with E-state index in [4.69, 9.17) is 0 Å². The predicted molar refractivity (Wildman–Crippen MR) is 152 cm³/mol. The van der Waals surface area contributed by atoms with Crippen LogP contribution in [0.25, 0.3) is 22.3 Å². The maximum Gasteiger partial charge on any atom is -0.0149 e. The molecule has 4 rings (SSSR count). The first-order chi connectivity index (χ1) is 15.2. The second-order valence-electron chi connectivity index (χ2n) is 8.99. The molecule has 0 aromatic heterocycles. The van der Waals surface area contributed by atoms with Crippen LogP contribution >= 0.6 is 13.5 Å². The maximum atomic E-state index is 2.21. The number of hydrogen-bond acceptors (Lipinski definition) is 0. The van der Waals surface area contributed by atoms with E-state index in [2.05, 4.69) is 128 Å². The Morgan fingerprint density at radius 1 is 0.303 bits per heavy atom. The maximum absolute atomic E-state index is 2.21. The van der Waals surface area contributed by atoms with Gasteiger partial charge in [0.15, 0.2) is 0 Å². The van der Waals surface area contributed by atoms with Crippen LogP contribution in [0, 0.1) is 55.4 Å². The van der Waals surface area contributed by atoms with Gasteiger partial charge in [0.2, 0.25) is 0 Å². The fraction of sp³-hybridized carbons (Fsp3) is 0.250. The number of rotatable bonds is 2. The van der Waals surface area contributed by atoms with Gasteiger partial charge in [-0.2, -0.15) is 13.5 Å². The molecule has 0 aliphatic rings. The molecule has 0 saturated heterocycles. The van der Waals surface area contributed by atoms with Crippen molar-refractivity contribution in [1.29, 1.82) is 0 Å². The van der Waals surface area contributed by atoms with Crippen molar-refractivity contribution in [2.24, 2.45) is 0 Å². The van der Waals surface area contributed by atoms with Crippen LogP contribution in [0.5, 0.6) is 0 Å². The first-order valence-corrected chi connectivity index (χ1v) is 11.5. The van der Waals surface area contributed by atoms with Crippen LogP contribution in [0.3, 0.4) is 0 Å². The van der Waals surface area contributed by atoms with Crippen molar-refractivity contribution in [3.05, 3.63) is 117 Å². The van der Waals surface area contributed by atoms with Gasteiger partial charge in [-0.25, -0.2) is 0 Å². The zero-order valence-corrected chi connectivity index (χ0v) is 22.4. The van der Waals surface area contributed by atoms with Gasteiger partial charge in [0, 0.05) is 0 Å². The van der Waals surface area contributed by atoms with Crippen molar-refractivity contribution in [2.75, 3.05) is 0 Å². The van der Waals surface area contributed by atoms with Crippen LogP contribution < -0.4 is 0 Å². The highest BCUT2D eigenvalue weighted by Gasteiger charge is 2.08. The Labute approximate surface area is 208 Å². The molecule has 0 heterocycles. The molecular weight excluding hydrogens is 416 g/mol. The summed E-state index contributed by atoms with van der Waals surface area (Å²) in [6, 6.07) is 26.1. The minimum Gasteiger partial charge on any atom is -0.197 e. The standard InChI is InChI=1S/2C16H18.H2S/c2*1-11-7-5-9-15(13(11)3)16-10-6-8-12(2)14(16)4;/h2*5-10H,1-4H3;1H2. The zero-order chi connectivity index (χ0) is 23.4. The molecule has 0 aliphatic heterocycles. The van der Waals surface area contributed by atoms with Crippen molar-refractivity contribution >= 4 is 13.5 Å². The fourth-order valence-electron chi connectivity index (χ4n) is 4.17. The Kier molecular flexibility index (Phi) is 9.14. The minimum atomic E-state index is 0. The molecule has 0 N–H and O–H groups in total. The smallest absolute Gasteiger partial charge is 0.0149 e. The molecule has 0 aliphatic carbocycles. The van der Waals surface area contributed by atoms with Crippen LogP contribution in [0.2, 0.25) is 0 Å². The molecule has 0 radical (unpaired) electrons. The third-order valence-corrected chi connectivity index (χ3v) is 7.00. The number of aryl methyl sites for hydroxylation is 4. The summed E-state index contributed by atoms with van der Waals surface area (Å²) in [4.78, 5) is 0. The summed E-state index contributed by atoms with van der Waals surface area (Å²) in [5.74, 6) is 0. The van der Waals surface area contributed by atoms with E-state index in [0.717, 1.165) is 0 Å². The highest BCUT2D eigenvalue weighted by molar-refractivity contribution is 7.59. The molecule has 4 aromatic rings. The molecule has 0 nitrogen and oxygen atoms in total. The summed E-state index contributed by atoms with van der Waals surface area (Å²) in [7, 11) is 0. The van der Waals surface area contributed by atoms with Gasteiger partial charge in [-0.1, -0.05) is 72.8 Å². The van der Waals surface area contributed by atoms with E-state index < -0.39 is 0 Å². The molecule has 0 amide bonds. The topological polar surface area (TPSA) is 0 Å². The van der Waals surface area contributed by atoms with Gasteiger partial charge >= 0.3 is 0 Å². The third-order valence-electron chi connectivity index (χ3n) is 7.00. The average molecular weight is 455 g/mol. The van der Waals surface area contributed by atoms with Gasteiger partial charge in [0.1, 0.15) is 0 Å². The fourth-order valence-corrected chi connectivity index (χ4v) is 4.17. The summed E-state index contributed by atoms with van der Waals surface area (Å²) in [5.41, 5.74) is 16.4. The van der Waals surface area contributed by atoms with E-state index in [1.807, 2.05) is 0 Å². The Morgan fingerprint density at radius 3 is 0.667 bits per heavy atom. The quantitative estimate of drug-likeness (QED) is 0.283. The summed E-state index contributed by atoms with van der Waals surface area (Å²) in [6.45, 7) is 17.5. The Morgan fingerprint density at radius 2 is 0.485 bits per heavy atom. The molecular formula is C32H38S. The first kappa shape index (κ1) is 26.5. The molecule has 0 spiro atoms. The summed E-state index contributed by atoms with van der Waals surface area (Å²) >= 11 is 0. The number of benzene rings is 4. The molecule has 172 valence electrons. The lowest BCUT2D eigenvalue weighted by molar-refractivity contribution is 1.30. The van der Waals surface area contributed by atoms with Gasteiger partial charge in [0.25, 0.3) is 0 Å². The van der Waals surface area contributed by atoms with Gasteiger partial charge in [-0.05, 0) is 122 Å². The second kappa shape index (κ2) is 11.4.